The van der Waals surface area contributed by atoms with Gasteiger partial charge in [0.15, 0.2) is 0 Å². The van der Waals surface area contributed by atoms with Gasteiger partial charge in [-0.1, -0.05) is 11.6 Å². The Labute approximate surface area is 103 Å². The molecule has 1 N–H and O–H groups in total. The van der Waals surface area contributed by atoms with Crippen LogP contribution in [0, 0.1) is 0 Å². The van der Waals surface area contributed by atoms with Crippen LogP contribution in [-0.4, -0.2) is 20.9 Å². The minimum Gasteiger partial charge on any atom is -0.345 e. The zero-order valence-corrected chi connectivity index (χ0v) is 9.55. The van der Waals surface area contributed by atoms with Gasteiger partial charge in [-0.15, -0.1) is 0 Å². The maximum absolute atomic E-state index is 11.7. The Kier molecular flexibility index (Phi) is 3.62. The molecule has 86 valence electrons. The lowest BCUT2D eigenvalue weighted by molar-refractivity contribution is 0.0945. The Hall–Kier alpha value is -2.01. The third kappa shape index (κ3) is 3.22. The number of nitrogens with zero attached hydrogens (tertiary/aromatic N) is 3. The monoisotopic (exact) mass is 248 g/mol. The van der Waals surface area contributed by atoms with Gasteiger partial charge in [0.25, 0.3) is 5.91 Å². The second-order valence-electron chi connectivity index (χ2n) is 3.24. The van der Waals surface area contributed by atoms with Gasteiger partial charge in [-0.05, 0) is 18.2 Å². The SMILES string of the molecule is O=C(NCc1ccncn1)c1cc(Cl)ccn1. The molecule has 0 spiro atoms. The molecule has 1 amide bonds. The van der Waals surface area contributed by atoms with Gasteiger partial charge in [0, 0.05) is 17.4 Å². The lowest BCUT2D eigenvalue weighted by atomic mass is 10.3. The van der Waals surface area contributed by atoms with E-state index >= 15 is 0 Å². The molecule has 0 radical (unpaired) electrons. The van der Waals surface area contributed by atoms with Gasteiger partial charge in [0.05, 0.1) is 12.2 Å². The number of hydrogen-bond donors (Lipinski definition) is 1. The zero-order valence-electron chi connectivity index (χ0n) is 8.80. The van der Waals surface area contributed by atoms with E-state index < -0.39 is 0 Å². The molecule has 6 heteroatoms. The summed E-state index contributed by atoms with van der Waals surface area (Å²) < 4.78 is 0. The smallest absolute Gasteiger partial charge is 0.270 e. The largest absolute Gasteiger partial charge is 0.345 e. The van der Waals surface area contributed by atoms with E-state index in [2.05, 4.69) is 20.3 Å². The first kappa shape index (κ1) is 11.5. The summed E-state index contributed by atoms with van der Waals surface area (Å²) >= 11 is 5.77. The molecule has 2 aromatic rings. The fraction of sp³-hybridized carbons (Fsp3) is 0.0909. The molecule has 17 heavy (non-hydrogen) atoms. The van der Waals surface area contributed by atoms with E-state index in [-0.39, 0.29) is 11.6 Å². The van der Waals surface area contributed by atoms with Crippen molar-refractivity contribution < 1.29 is 4.79 Å². The number of aromatic nitrogens is 3. The molecular formula is C11H9ClN4O. The molecule has 0 saturated heterocycles. The summed E-state index contributed by atoms with van der Waals surface area (Å²) in [5.41, 5.74) is 1.02. The van der Waals surface area contributed by atoms with Crippen LogP contribution in [0.25, 0.3) is 0 Å². The minimum atomic E-state index is -0.286. The standard InChI is InChI=1S/C11H9ClN4O/c12-8-1-4-14-10(5-8)11(17)15-6-9-2-3-13-7-16-9/h1-5,7H,6H2,(H,15,17). The van der Waals surface area contributed by atoms with Crippen LogP contribution in [-0.2, 0) is 6.54 Å². The quantitative estimate of drug-likeness (QED) is 0.893. The number of rotatable bonds is 3. The molecule has 5 nitrogen and oxygen atoms in total. The fourth-order valence-corrected chi connectivity index (χ4v) is 1.37. The van der Waals surface area contributed by atoms with E-state index in [0.29, 0.717) is 11.6 Å². The molecule has 2 rings (SSSR count). The van der Waals surface area contributed by atoms with E-state index in [4.69, 9.17) is 11.6 Å². The third-order valence-corrected chi connectivity index (χ3v) is 2.26. The third-order valence-electron chi connectivity index (χ3n) is 2.03. The average molecular weight is 249 g/mol. The molecule has 0 bridgehead atoms. The van der Waals surface area contributed by atoms with Crippen LogP contribution in [0.3, 0.4) is 0 Å². The van der Waals surface area contributed by atoms with Gasteiger partial charge in [-0.25, -0.2) is 9.97 Å². The fourth-order valence-electron chi connectivity index (χ4n) is 1.21. The van der Waals surface area contributed by atoms with Gasteiger partial charge in [-0.2, -0.15) is 0 Å². The van der Waals surface area contributed by atoms with Gasteiger partial charge < -0.3 is 5.32 Å². The summed E-state index contributed by atoms with van der Waals surface area (Å²) in [6.07, 6.45) is 4.53. The highest BCUT2D eigenvalue weighted by Gasteiger charge is 2.07. The van der Waals surface area contributed by atoms with E-state index in [0.717, 1.165) is 5.69 Å². The lowest BCUT2D eigenvalue weighted by Crippen LogP contribution is -2.24. The molecule has 0 saturated carbocycles. The Balaban J connectivity index is 1.98. The molecule has 0 atom stereocenters. The highest BCUT2D eigenvalue weighted by molar-refractivity contribution is 6.30. The Morgan fingerprint density at radius 3 is 2.88 bits per heavy atom. The topological polar surface area (TPSA) is 67.8 Å². The maximum atomic E-state index is 11.7. The van der Waals surface area contributed by atoms with Crippen molar-refractivity contribution in [1.29, 1.82) is 0 Å². The predicted octanol–water partition coefficient (Wildman–Crippen LogP) is 1.46. The second kappa shape index (κ2) is 5.36. The first-order valence-electron chi connectivity index (χ1n) is 4.90. The highest BCUT2D eigenvalue weighted by atomic mass is 35.5. The summed E-state index contributed by atoms with van der Waals surface area (Å²) in [4.78, 5) is 23.4. The molecular weight excluding hydrogens is 240 g/mol. The van der Waals surface area contributed by atoms with Crippen molar-refractivity contribution in [3.05, 3.63) is 53.3 Å². The predicted molar refractivity (Wildman–Crippen MR) is 62.4 cm³/mol. The Morgan fingerprint density at radius 1 is 1.29 bits per heavy atom. The van der Waals surface area contributed by atoms with Crippen LogP contribution in [0.15, 0.2) is 36.9 Å². The van der Waals surface area contributed by atoms with Crippen LogP contribution in [0.5, 0.6) is 0 Å². The van der Waals surface area contributed by atoms with Crippen LogP contribution in [0.2, 0.25) is 5.02 Å². The highest BCUT2D eigenvalue weighted by Crippen LogP contribution is 2.07. The normalized spacial score (nSPS) is 9.94. The number of hydrogen-bond acceptors (Lipinski definition) is 4. The maximum Gasteiger partial charge on any atom is 0.270 e. The summed E-state index contributed by atoms with van der Waals surface area (Å²) in [6.45, 7) is 0.329. The first-order valence-corrected chi connectivity index (χ1v) is 5.28. The van der Waals surface area contributed by atoms with Gasteiger partial charge in [0.2, 0.25) is 0 Å². The number of carbonyl (C=O) groups excluding carboxylic acids is 1. The molecule has 0 unspecified atom stereocenters. The van der Waals surface area contributed by atoms with Crippen molar-refractivity contribution in [2.75, 3.05) is 0 Å². The minimum absolute atomic E-state index is 0.284. The molecule has 0 aliphatic carbocycles. The van der Waals surface area contributed by atoms with Crippen molar-refractivity contribution in [2.45, 2.75) is 6.54 Å². The summed E-state index contributed by atoms with van der Waals surface area (Å²) in [5, 5.41) is 3.17. The van der Waals surface area contributed by atoms with Crippen molar-refractivity contribution in [2.24, 2.45) is 0 Å². The Bertz CT molecular complexity index is 518. The molecule has 0 aliphatic heterocycles. The molecule has 0 fully saturated rings. The van der Waals surface area contributed by atoms with Crippen molar-refractivity contribution in [3.63, 3.8) is 0 Å². The molecule has 0 aromatic carbocycles. The zero-order chi connectivity index (χ0) is 12.1. The van der Waals surface area contributed by atoms with Crippen LogP contribution < -0.4 is 5.32 Å². The second-order valence-corrected chi connectivity index (χ2v) is 3.68. The number of pyridine rings is 1. The first-order chi connectivity index (χ1) is 8.25. The number of halogens is 1. The van der Waals surface area contributed by atoms with Crippen LogP contribution in [0.4, 0.5) is 0 Å². The molecule has 0 aliphatic rings. The van der Waals surface area contributed by atoms with Gasteiger partial charge in [0.1, 0.15) is 12.0 Å². The Morgan fingerprint density at radius 2 is 2.18 bits per heavy atom. The van der Waals surface area contributed by atoms with Crippen LogP contribution >= 0.6 is 11.6 Å². The number of carbonyl (C=O) groups is 1. The summed E-state index contributed by atoms with van der Waals surface area (Å²) in [6, 6.07) is 4.85. The summed E-state index contributed by atoms with van der Waals surface area (Å²) in [5.74, 6) is -0.286. The molecule has 2 aromatic heterocycles. The van der Waals surface area contributed by atoms with Crippen molar-refractivity contribution >= 4 is 17.5 Å². The molecule has 2 heterocycles. The van der Waals surface area contributed by atoms with Gasteiger partial charge >= 0.3 is 0 Å². The van der Waals surface area contributed by atoms with Gasteiger partial charge in [-0.3, -0.25) is 9.78 Å². The average Bonchev–Trinajstić information content (AvgIpc) is 2.37. The lowest BCUT2D eigenvalue weighted by Gasteiger charge is -2.03. The van der Waals surface area contributed by atoms with Crippen molar-refractivity contribution in [1.82, 2.24) is 20.3 Å². The van der Waals surface area contributed by atoms with E-state index in [1.54, 1.807) is 18.3 Å². The van der Waals surface area contributed by atoms with Crippen molar-refractivity contribution in [3.8, 4) is 0 Å². The number of nitrogens with one attached hydrogen (secondary N) is 1. The van der Waals surface area contributed by atoms with E-state index in [9.17, 15) is 4.79 Å². The van der Waals surface area contributed by atoms with Crippen LogP contribution in [0.1, 0.15) is 16.2 Å². The summed E-state index contributed by atoms with van der Waals surface area (Å²) in [7, 11) is 0. The van der Waals surface area contributed by atoms with E-state index in [1.807, 2.05) is 0 Å². The number of amides is 1. The van der Waals surface area contributed by atoms with E-state index in [1.165, 1.54) is 18.6 Å².